The van der Waals surface area contributed by atoms with Gasteiger partial charge in [-0.15, -0.1) is 0 Å². The molecule has 0 aliphatic carbocycles. The van der Waals surface area contributed by atoms with E-state index in [4.69, 9.17) is 15.1 Å². The number of nitrogen functional groups attached to an aromatic ring is 1. The molecule has 5 aromatic rings. The first-order chi connectivity index (χ1) is 19.7. The Morgan fingerprint density at radius 1 is 1.07 bits per heavy atom. The summed E-state index contributed by atoms with van der Waals surface area (Å²) < 4.78 is 46.1. The van der Waals surface area contributed by atoms with Crippen LogP contribution in [0.4, 0.5) is 18.9 Å². The molecule has 0 radical (unpaired) electrons. The van der Waals surface area contributed by atoms with Crippen molar-refractivity contribution in [3.63, 3.8) is 0 Å². The van der Waals surface area contributed by atoms with Gasteiger partial charge in [0.2, 0.25) is 5.88 Å². The molecule has 0 fully saturated rings. The molecular formula is C31H27F3N4O3. The lowest BCUT2D eigenvalue weighted by atomic mass is 9.96. The van der Waals surface area contributed by atoms with Crippen molar-refractivity contribution in [1.82, 2.24) is 14.9 Å². The van der Waals surface area contributed by atoms with Gasteiger partial charge in [0, 0.05) is 23.4 Å². The summed E-state index contributed by atoms with van der Waals surface area (Å²) in [7, 11) is 0. The van der Waals surface area contributed by atoms with Gasteiger partial charge in [-0.3, -0.25) is 4.79 Å². The predicted molar refractivity (Wildman–Crippen MR) is 148 cm³/mol. The fraction of sp³-hybridized carbons (Fsp3) is 0.226. The summed E-state index contributed by atoms with van der Waals surface area (Å²) in [6.45, 7) is 0.935. The maximum absolute atomic E-state index is 13.0. The van der Waals surface area contributed by atoms with Crippen LogP contribution in [0.5, 0.6) is 5.88 Å². The normalized spacial score (nSPS) is 13.0. The lowest BCUT2D eigenvalue weighted by molar-refractivity contribution is -0.137. The number of hydrogen-bond donors (Lipinski definition) is 3. The smallest absolute Gasteiger partial charge is 0.416 e. The van der Waals surface area contributed by atoms with Crippen molar-refractivity contribution in [2.45, 2.75) is 44.9 Å². The van der Waals surface area contributed by atoms with Gasteiger partial charge in [0.25, 0.3) is 5.91 Å². The first-order valence-corrected chi connectivity index (χ1v) is 13.3. The first-order valence-electron chi connectivity index (χ1n) is 13.3. The van der Waals surface area contributed by atoms with Crippen LogP contribution in [0.3, 0.4) is 0 Å². The zero-order chi connectivity index (χ0) is 28.7. The Hall–Kier alpha value is -4.73. The maximum atomic E-state index is 13.0. The number of nitrogens with one attached hydrogen (secondary N) is 1. The molecule has 10 heteroatoms. The lowest BCUT2D eigenvalue weighted by Crippen LogP contribution is -2.22. The SMILES string of the molecule is Nc1c(CCc2ccc(C(F)(F)F)cc2)nc2c3n(c(O)c2c1-c1ccc(C(=O)NCc2ccco2)cc1)CCC3. The van der Waals surface area contributed by atoms with Gasteiger partial charge in [0.1, 0.15) is 5.76 Å². The summed E-state index contributed by atoms with van der Waals surface area (Å²) >= 11 is 0. The molecule has 0 unspecified atom stereocenters. The molecule has 2 aromatic carbocycles. The average Bonchev–Trinajstić information content (AvgIpc) is 3.71. The largest absolute Gasteiger partial charge is 0.494 e. The summed E-state index contributed by atoms with van der Waals surface area (Å²) in [6, 6.07) is 15.6. The third kappa shape index (κ3) is 5.01. The molecule has 1 aliphatic heterocycles. The van der Waals surface area contributed by atoms with Gasteiger partial charge < -0.3 is 25.1 Å². The summed E-state index contributed by atoms with van der Waals surface area (Å²) in [5, 5.41) is 14.6. The van der Waals surface area contributed by atoms with Crippen molar-refractivity contribution in [3.05, 3.63) is 101 Å². The van der Waals surface area contributed by atoms with Crippen molar-refractivity contribution in [1.29, 1.82) is 0 Å². The molecule has 1 aliphatic rings. The Balaban J connectivity index is 1.33. The number of pyridine rings is 1. The second kappa shape index (κ2) is 10.3. The number of aromatic hydroxyl groups is 1. The number of anilines is 1. The number of fused-ring (bicyclic) bond motifs is 3. The highest BCUT2D eigenvalue weighted by atomic mass is 19.4. The number of carbonyl (C=O) groups excluding carboxylic acids is 1. The van der Waals surface area contributed by atoms with Gasteiger partial charge in [-0.2, -0.15) is 13.2 Å². The van der Waals surface area contributed by atoms with E-state index >= 15 is 0 Å². The van der Waals surface area contributed by atoms with Crippen LogP contribution in [-0.4, -0.2) is 20.6 Å². The molecule has 0 bridgehead atoms. The average molecular weight is 561 g/mol. The number of hydrogen-bond acceptors (Lipinski definition) is 5. The van der Waals surface area contributed by atoms with E-state index in [1.807, 2.05) is 4.57 Å². The third-order valence-electron chi connectivity index (χ3n) is 7.56. The highest BCUT2D eigenvalue weighted by Gasteiger charge is 2.30. The highest BCUT2D eigenvalue weighted by molar-refractivity contribution is 6.06. The van der Waals surface area contributed by atoms with Crippen molar-refractivity contribution < 1.29 is 27.5 Å². The number of amides is 1. The molecule has 1 amide bonds. The highest BCUT2D eigenvalue weighted by Crippen LogP contribution is 2.44. The van der Waals surface area contributed by atoms with Crippen LogP contribution in [0.1, 0.15) is 45.1 Å². The first kappa shape index (κ1) is 26.5. The number of nitrogens with two attached hydrogens (primary N) is 1. The minimum Gasteiger partial charge on any atom is -0.494 e. The molecule has 4 heterocycles. The monoisotopic (exact) mass is 560 g/mol. The van der Waals surface area contributed by atoms with Crippen molar-refractivity contribution in [3.8, 4) is 17.0 Å². The van der Waals surface area contributed by atoms with E-state index in [-0.39, 0.29) is 18.3 Å². The van der Waals surface area contributed by atoms with E-state index in [0.717, 1.165) is 36.2 Å². The Bertz CT molecular complexity index is 1720. The number of aromatic nitrogens is 2. The van der Waals surface area contributed by atoms with E-state index in [2.05, 4.69) is 5.32 Å². The van der Waals surface area contributed by atoms with Gasteiger partial charge in [0.15, 0.2) is 0 Å². The minimum atomic E-state index is -4.39. The number of aryl methyl sites for hydroxylation is 3. The second-order valence-electron chi connectivity index (χ2n) is 10.1. The molecule has 3 aromatic heterocycles. The molecule has 4 N–H and O–H groups in total. The lowest BCUT2D eigenvalue weighted by Gasteiger charge is -2.14. The van der Waals surface area contributed by atoms with Gasteiger partial charge >= 0.3 is 6.18 Å². The standard InChI is InChI=1S/C31H27F3N4O3/c32-31(33,34)21-12-5-18(6-13-21)7-14-23-27(35)25(26-28(37-23)24-4-1-15-38(24)30(26)40)19-8-10-20(11-9-19)29(39)36-17-22-3-2-16-41-22/h2-3,5-6,8-13,16,40H,1,4,7,14-15,17,35H2,(H,36,39). The van der Waals surface area contributed by atoms with Gasteiger partial charge in [0.05, 0.1) is 40.7 Å². The minimum absolute atomic E-state index is 0.108. The number of benzene rings is 2. The van der Waals surface area contributed by atoms with E-state index in [9.17, 15) is 23.1 Å². The summed E-state index contributed by atoms with van der Waals surface area (Å²) in [5.41, 5.74) is 11.1. The van der Waals surface area contributed by atoms with Crippen LogP contribution < -0.4 is 11.1 Å². The quantitative estimate of drug-likeness (QED) is 0.218. The molecule has 0 saturated heterocycles. The van der Waals surface area contributed by atoms with Crippen LogP contribution in [0.2, 0.25) is 0 Å². The molecule has 210 valence electrons. The van der Waals surface area contributed by atoms with Gasteiger partial charge in [-0.1, -0.05) is 24.3 Å². The van der Waals surface area contributed by atoms with Crippen molar-refractivity contribution in [2.75, 3.05) is 5.73 Å². The summed E-state index contributed by atoms with van der Waals surface area (Å²) in [4.78, 5) is 17.5. The van der Waals surface area contributed by atoms with Crippen LogP contribution >= 0.6 is 0 Å². The van der Waals surface area contributed by atoms with Crippen LogP contribution in [0.15, 0.2) is 71.3 Å². The summed E-state index contributed by atoms with van der Waals surface area (Å²) in [5.74, 6) is 0.489. The van der Waals surface area contributed by atoms with Crippen LogP contribution in [-0.2, 0) is 38.5 Å². The van der Waals surface area contributed by atoms with E-state index in [1.54, 1.807) is 42.7 Å². The third-order valence-corrected chi connectivity index (χ3v) is 7.56. The zero-order valence-corrected chi connectivity index (χ0v) is 22.0. The molecule has 0 saturated carbocycles. The predicted octanol–water partition coefficient (Wildman–Crippen LogP) is 6.26. The topological polar surface area (TPSA) is 106 Å². The molecule has 0 spiro atoms. The molecule has 0 atom stereocenters. The second-order valence-corrected chi connectivity index (χ2v) is 10.1. The molecule has 7 nitrogen and oxygen atoms in total. The maximum Gasteiger partial charge on any atom is 0.416 e. The Labute approximate surface area is 233 Å². The summed E-state index contributed by atoms with van der Waals surface area (Å²) in [6.07, 6.45) is -0.349. The fourth-order valence-electron chi connectivity index (χ4n) is 5.45. The van der Waals surface area contributed by atoms with Crippen molar-refractivity contribution in [2.24, 2.45) is 0 Å². The van der Waals surface area contributed by atoms with Gasteiger partial charge in [-0.05, 0) is 73.2 Å². The fourth-order valence-corrected chi connectivity index (χ4v) is 5.45. The zero-order valence-electron chi connectivity index (χ0n) is 22.0. The molecule has 41 heavy (non-hydrogen) atoms. The van der Waals surface area contributed by atoms with Crippen LogP contribution in [0.25, 0.3) is 22.0 Å². The number of furan rings is 1. The number of alkyl halides is 3. The number of rotatable bonds is 7. The number of halogens is 3. The van der Waals surface area contributed by atoms with E-state index in [1.165, 1.54) is 12.1 Å². The number of nitrogens with zero attached hydrogens (tertiary/aromatic N) is 2. The van der Waals surface area contributed by atoms with E-state index < -0.39 is 11.7 Å². The Morgan fingerprint density at radius 3 is 2.51 bits per heavy atom. The molecular weight excluding hydrogens is 533 g/mol. The van der Waals surface area contributed by atoms with Crippen LogP contribution in [0, 0.1) is 0 Å². The number of carbonyl (C=O) groups is 1. The molecule has 6 rings (SSSR count). The Morgan fingerprint density at radius 2 is 1.83 bits per heavy atom. The van der Waals surface area contributed by atoms with Gasteiger partial charge in [-0.25, -0.2) is 4.98 Å². The van der Waals surface area contributed by atoms with E-state index in [0.29, 0.717) is 64.1 Å². The Kier molecular flexibility index (Phi) is 6.69. The van der Waals surface area contributed by atoms with Crippen molar-refractivity contribution >= 4 is 22.5 Å².